The molecule has 0 N–H and O–H groups in total. The second kappa shape index (κ2) is 17.2. The van der Waals surface area contributed by atoms with Gasteiger partial charge < -0.3 is 0 Å². The number of benzene rings is 2. The molecule has 244 valence electrons. The normalized spacial score (nSPS) is 15.0. The number of carbonyl (C=O) groups is 1. The van der Waals surface area contributed by atoms with Crippen molar-refractivity contribution in [3.63, 3.8) is 0 Å². The fraction of sp³-hybridized carbons (Fsp3) is 0.514. The average Bonchev–Trinajstić information content (AvgIpc) is 2.88. The first-order valence-corrected chi connectivity index (χ1v) is 24.2. The van der Waals surface area contributed by atoms with E-state index < -0.39 is 16.6 Å². The van der Waals surface area contributed by atoms with E-state index in [1.807, 2.05) is 37.3 Å². The Morgan fingerprint density at radius 2 is 1.48 bits per heavy atom. The van der Waals surface area contributed by atoms with E-state index in [2.05, 4.69) is 103 Å². The second-order valence-corrected chi connectivity index (χ2v) is 27.5. The number of halogens is 1. The van der Waals surface area contributed by atoms with Crippen LogP contribution in [0.4, 0.5) is 0 Å². The van der Waals surface area contributed by atoms with Gasteiger partial charge in [0.25, 0.3) is 0 Å². The van der Waals surface area contributed by atoms with Crippen LogP contribution in [0.3, 0.4) is 0 Å². The Labute approximate surface area is 285 Å². The third-order valence-corrected chi connectivity index (χ3v) is 20.7. The molecule has 0 spiro atoms. The van der Waals surface area contributed by atoms with Crippen LogP contribution < -0.4 is 4.46 Å². The average molecular weight is 740 g/mol. The number of ether oxygens (including phenoxy) is 1. The van der Waals surface area contributed by atoms with Gasteiger partial charge in [-0.15, -0.1) is 0 Å². The summed E-state index contributed by atoms with van der Waals surface area (Å²) < 4.78 is 21.9. The van der Waals surface area contributed by atoms with E-state index in [0.29, 0.717) is 19.4 Å². The topological polar surface area (TPSA) is 44.8 Å². The Balaban J connectivity index is 2.49. The number of hydrogen-bond acceptors (Lipinski definition) is 5. The minimum atomic E-state index is -2.16. The molecule has 0 aliphatic heterocycles. The van der Waals surface area contributed by atoms with Crippen LogP contribution in [0, 0.1) is 0 Å². The molecule has 2 aromatic carbocycles. The fourth-order valence-electron chi connectivity index (χ4n) is 3.78. The van der Waals surface area contributed by atoms with Crippen LogP contribution in [0.5, 0.6) is 0 Å². The van der Waals surface area contributed by atoms with E-state index in [-0.39, 0.29) is 43.2 Å². The first-order chi connectivity index (χ1) is 20.3. The summed E-state index contributed by atoms with van der Waals surface area (Å²) in [5, 5.41) is 2.96. The molecule has 0 aromatic heterocycles. The third-order valence-electron chi connectivity index (χ3n) is 8.31. The summed E-state index contributed by atoms with van der Waals surface area (Å²) in [6, 6.07) is 18.3. The van der Waals surface area contributed by atoms with Gasteiger partial charge in [-0.25, -0.2) is 0 Å². The zero-order chi connectivity index (χ0) is 33.2. The Morgan fingerprint density at radius 3 is 2.02 bits per heavy atom. The summed E-state index contributed by atoms with van der Waals surface area (Å²) in [4.78, 5) is 13.8. The van der Waals surface area contributed by atoms with Gasteiger partial charge in [0.1, 0.15) is 0 Å². The van der Waals surface area contributed by atoms with Crippen molar-refractivity contribution in [2.75, 3.05) is 6.61 Å². The van der Waals surface area contributed by atoms with Crippen molar-refractivity contribution in [1.82, 2.24) is 0 Å². The maximum absolute atomic E-state index is 12.7. The molecule has 0 aliphatic rings. The summed E-state index contributed by atoms with van der Waals surface area (Å²) in [7, 11) is -4.27. The monoisotopic (exact) mass is 740 g/mol. The number of carbonyl (C=O) groups excluding carboxylic acids is 1. The number of rotatable bonds is 15. The van der Waals surface area contributed by atoms with Crippen molar-refractivity contribution in [3.05, 3.63) is 81.7 Å². The van der Waals surface area contributed by atoms with Crippen molar-refractivity contribution < 1.29 is 18.4 Å². The molecule has 2 aromatic rings. The molecule has 9 heteroatoms. The van der Waals surface area contributed by atoms with Gasteiger partial charge in [0, 0.05) is 0 Å². The maximum atomic E-state index is 12.7. The SMILES string of the molecule is CCOC(=O)/C=C(/C[C@H](C[C@@H](/C=C/Sc1ccc(Cl)cc1)O[Si](C)(C)C(C)(C)C)O[Si](C)(C)C(C)(C)C)[Se]c1ccccc1. The van der Waals surface area contributed by atoms with Gasteiger partial charge in [-0.2, -0.15) is 0 Å². The van der Waals surface area contributed by atoms with Crippen LogP contribution in [0.25, 0.3) is 0 Å². The van der Waals surface area contributed by atoms with Crippen LogP contribution in [0.15, 0.2) is 81.5 Å². The molecule has 0 amide bonds. The van der Waals surface area contributed by atoms with Crippen LogP contribution >= 0.6 is 23.4 Å². The van der Waals surface area contributed by atoms with Crippen LogP contribution in [0.1, 0.15) is 61.3 Å². The van der Waals surface area contributed by atoms with Gasteiger partial charge in [0.2, 0.25) is 0 Å². The van der Waals surface area contributed by atoms with Crippen LogP contribution in [-0.2, 0) is 18.4 Å². The van der Waals surface area contributed by atoms with E-state index in [0.717, 1.165) is 14.4 Å². The van der Waals surface area contributed by atoms with Gasteiger partial charge in [0.15, 0.2) is 0 Å². The molecule has 0 aliphatic carbocycles. The molecule has 44 heavy (non-hydrogen) atoms. The van der Waals surface area contributed by atoms with Gasteiger partial charge in [-0.1, -0.05) is 11.6 Å². The molecule has 0 unspecified atom stereocenters. The molecule has 0 fully saturated rings. The molecule has 0 saturated heterocycles. The molecule has 0 saturated carbocycles. The molecular formula is C35H53ClO4SSeSi2. The fourth-order valence-corrected chi connectivity index (χ4v) is 9.40. The molecular weight excluding hydrogens is 687 g/mol. The molecule has 2 atom stereocenters. The molecule has 0 heterocycles. The molecule has 0 bridgehead atoms. The summed E-state index contributed by atoms with van der Waals surface area (Å²) in [5.74, 6) is -0.292. The Hall–Kier alpha value is -1.10. The van der Waals surface area contributed by atoms with E-state index in [4.69, 9.17) is 25.2 Å². The summed E-state index contributed by atoms with van der Waals surface area (Å²) in [5.41, 5.74) is 0. The van der Waals surface area contributed by atoms with Gasteiger partial charge in [-0.3, -0.25) is 0 Å². The van der Waals surface area contributed by atoms with Crippen molar-refractivity contribution in [2.45, 2.75) is 115 Å². The summed E-state index contributed by atoms with van der Waals surface area (Å²) >= 11 is 7.73. The van der Waals surface area contributed by atoms with Gasteiger partial charge in [0.05, 0.1) is 0 Å². The van der Waals surface area contributed by atoms with Crippen molar-refractivity contribution in [3.8, 4) is 0 Å². The van der Waals surface area contributed by atoms with E-state index in [1.165, 1.54) is 4.46 Å². The first-order valence-electron chi connectivity index (χ1n) is 15.4. The van der Waals surface area contributed by atoms with E-state index >= 15 is 0 Å². The van der Waals surface area contributed by atoms with E-state index in [1.54, 1.807) is 17.8 Å². The van der Waals surface area contributed by atoms with Crippen molar-refractivity contribution >= 4 is 65.4 Å². The number of esters is 1. The van der Waals surface area contributed by atoms with Gasteiger partial charge in [-0.05, 0) is 0 Å². The van der Waals surface area contributed by atoms with E-state index in [9.17, 15) is 4.79 Å². The quantitative estimate of drug-likeness (QED) is 0.0788. The minimum absolute atomic E-state index is 0.0386. The third kappa shape index (κ3) is 13.3. The predicted molar refractivity (Wildman–Crippen MR) is 196 cm³/mol. The van der Waals surface area contributed by atoms with Crippen molar-refractivity contribution in [2.24, 2.45) is 0 Å². The second-order valence-electron chi connectivity index (χ2n) is 14.0. The van der Waals surface area contributed by atoms with Crippen LogP contribution in [0.2, 0.25) is 41.3 Å². The van der Waals surface area contributed by atoms with Crippen LogP contribution in [-0.4, -0.2) is 56.4 Å². The Kier molecular flexibility index (Phi) is 15.2. The molecule has 0 radical (unpaired) electrons. The predicted octanol–water partition coefficient (Wildman–Crippen LogP) is 9.98. The van der Waals surface area contributed by atoms with Crippen molar-refractivity contribution in [1.29, 1.82) is 0 Å². The number of hydrogen-bond donors (Lipinski definition) is 0. The van der Waals surface area contributed by atoms with Gasteiger partial charge >= 0.3 is 275 Å². The zero-order valence-electron chi connectivity index (χ0n) is 28.5. The molecule has 2 rings (SSSR count). The summed E-state index contributed by atoms with van der Waals surface area (Å²) in [6.07, 6.45) is 4.98. The Morgan fingerprint density at radius 1 is 0.909 bits per heavy atom. The number of thioether (sulfide) groups is 1. The summed E-state index contributed by atoms with van der Waals surface area (Å²) in [6.45, 7) is 25.0. The first kappa shape index (κ1) is 39.1. The standard InChI is InChI=1S/C35H53ClO4SSeSi2/c1-12-38-33(37)26-32(42-31-16-14-13-15-17-31)25-29(40-44(10,11)35(5,6)7)24-28(39-43(8,9)34(2,3)4)22-23-41-30-20-18-27(36)19-21-30/h13-23,26,28-29H,12,24-25H2,1-11H3/b23-22+,32-26-/t28-,29+/m1/s1. The molecule has 4 nitrogen and oxygen atoms in total. The Bertz CT molecular complexity index is 1240. The zero-order valence-corrected chi connectivity index (χ0v) is 33.8.